The summed E-state index contributed by atoms with van der Waals surface area (Å²) in [5.41, 5.74) is 0. The number of likely N-dealkylation sites (tertiary alicyclic amines) is 1. The zero-order valence-electron chi connectivity index (χ0n) is 9.88. The van der Waals surface area contributed by atoms with Gasteiger partial charge in [-0.05, 0) is 12.8 Å². The van der Waals surface area contributed by atoms with Gasteiger partial charge in [0.1, 0.15) is 0 Å². The molecular weight excluding hydrogens is 178 g/mol. The quantitative estimate of drug-likeness (QED) is 0.699. The molecule has 1 fully saturated rings. The topological polar surface area (TPSA) is 29.5 Å². The molecule has 0 radical (unpaired) electrons. The summed E-state index contributed by atoms with van der Waals surface area (Å²) < 4.78 is 5.18. The minimum Gasteiger partial charge on any atom is -0.380 e. The number of hydrogen-bond donors (Lipinski definition) is 0. The van der Waals surface area contributed by atoms with Crippen molar-refractivity contribution in [2.75, 3.05) is 20.2 Å². The fourth-order valence-electron chi connectivity index (χ4n) is 1.52. The zero-order chi connectivity index (χ0) is 11.0. The van der Waals surface area contributed by atoms with Gasteiger partial charge in [-0.2, -0.15) is 0 Å². The molecule has 0 aliphatic carbocycles. The van der Waals surface area contributed by atoms with Crippen LogP contribution in [-0.4, -0.2) is 37.1 Å². The Morgan fingerprint density at radius 1 is 1.50 bits per heavy atom. The van der Waals surface area contributed by atoms with Gasteiger partial charge in [-0.15, -0.1) is 0 Å². The second-order valence-electron chi connectivity index (χ2n) is 3.24. The lowest BCUT2D eigenvalue weighted by Gasteiger charge is -2.15. The third kappa shape index (κ3) is 4.09. The summed E-state index contributed by atoms with van der Waals surface area (Å²) in [6.07, 6.45) is 2.88. The smallest absolute Gasteiger partial charge is 0.222 e. The van der Waals surface area contributed by atoms with Crippen molar-refractivity contribution in [2.45, 2.75) is 46.1 Å². The SMILES string of the molecule is CC.CCCC(=O)N1CCC(OC)C1. The predicted molar refractivity (Wildman–Crippen MR) is 58.3 cm³/mol. The van der Waals surface area contributed by atoms with Crippen LogP contribution in [0.4, 0.5) is 0 Å². The maximum absolute atomic E-state index is 11.4. The summed E-state index contributed by atoms with van der Waals surface area (Å²) in [7, 11) is 1.71. The van der Waals surface area contributed by atoms with E-state index < -0.39 is 0 Å². The highest BCUT2D eigenvalue weighted by atomic mass is 16.5. The van der Waals surface area contributed by atoms with Gasteiger partial charge < -0.3 is 9.64 Å². The van der Waals surface area contributed by atoms with Gasteiger partial charge in [0.15, 0.2) is 0 Å². The molecule has 0 N–H and O–H groups in total. The van der Waals surface area contributed by atoms with Crippen molar-refractivity contribution >= 4 is 5.91 Å². The molecule has 1 atom stereocenters. The Morgan fingerprint density at radius 2 is 2.14 bits per heavy atom. The van der Waals surface area contributed by atoms with E-state index >= 15 is 0 Å². The van der Waals surface area contributed by atoms with Crippen LogP contribution in [0, 0.1) is 0 Å². The summed E-state index contributed by atoms with van der Waals surface area (Å²) >= 11 is 0. The Kier molecular flexibility index (Phi) is 7.48. The van der Waals surface area contributed by atoms with Crippen LogP contribution < -0.4 is 0 Å². The second-order valence-corrected chi connectivity index (χ2v) is 3.24. The van der Waals surface area contributed by atoms with Crippen molar-refractivity contribution in [3.05, 3.63) is 0 Å². The number of methoxy groups -OCH3 is 1. The molecule has 1 amide bonds. The average molecular weight is 201 g/mol. The minimum absolute atomic E-state index is 0.269. The summed E-state index contributed by atoms with van der Waals surface area (Å²) in [4.78, 5) is 13.3. The van der Waals surface area contributed by atoms with E-state index in [0.29, 0.717) is 6.42 Å². The van der Waals surface area contributed by atoms with Crippen LogP contribution >= 0.6 is 0 Å². The first-order valence-corrected chi connectivity index (χ1v) is 5.58. The summed E-state index contributed by atoms with van der Waals surface area (Å²) in [5.74, 6) is 0.275. The third-order valence-corrected chi connectivity index (χ3v) is 2.29. The zero-order valence-corrected chi connectivity index (χ0v) is 9.88. The van der Waals surface area contributed by atoms with Crippen molar-refractivity contribution in [3.8, 4) is 0 Å². The van der Waals surface area contributed by atoms with Crippen LogP contribution in [0.15, 0.2) is 0 Å². The van der Waals surface area contributed by atoms with E-state index in [9.17, 15) is 4.79 Å². The average Bonchev–Trinajstić information content (AvgIpc) is 2.69. The van der Waals surface area contributed by atoms with E-state index in [1.165, 1.54) is 0 Å². The van der Waals surface area contributed by atoms with Gasteiger partial charge in [-0.25, -0.2) is 0 Å². The van der Waals surface area contributed by atoms with E-state index in [-0.39, 0.29) is 12.0 Å². The molecule has 0 bridgehead atoms. The molecule has 1 saturated heterocycles. The standard InChI is InChI=1S/C9H17NO2.C2H6/c1-3-4-9(11)10-6-5-8(7-10)12-2;1-2/h8H,3-7H2,1-2H3;1-2H3. The predicted octanol–water partition coefficient (Wildman–Crippen LogP) is 2.06. The normalized spacial score (nSPS) is 20.3. The molecule has 0 aromatic carbocycles. The van der Waals surface area contributed by atoms with Gasteiger partial charge in [0, 0.05) is 26.6 Å². The van der Waals surface area contributed by atoms with E-state index in [1.54, 1.807) is 7.11 Å². The maximum Gasteiger partial charge on any atom is 0.222 e. The third-order valence-electron chi connectivity index (χ3n) is 2.29. The summed E-state index contributed by atoms with van der Waals surface area (Å²) in [6.45, 7) is 7.69. The Labute approximate surface area is 87.4 Å². The molecule has 0 aromatic rings. The molecule has 14 heavy (non-hydrogen) atoms. The molecule has 1 unspecified atom stereocenters. The van der Waals surface area contributed by atoms with Crippen molar-refractivity contribution < 1.29 is 9.53 Å². The number of carbonyl (C=O) groups is 1. The molecule has 84 valence electrons. The van der Waals surface area contributed by atoms with Crippen LogP contribution in [0.25, 0.3) is 0 Å². The highest BCUT2D eigenvalue weighted by Crippen LogP contribution is 2.13. The van der Waals surface area contributed by atoms with Gasteiger partial charge in [-0.3, -0.25) is 4.79 Å². The molecule has 0 spiro atoms. The molecule has 1 rings (SSSR count). The summed E-state index contributed by atoms with van der Waals surface area (Å²) in [5, 5.41) is 0. The fourth-order valence-corrected chi connectivity index (χ4v) is 1.52. The first-order chi connectivity index (χ1) is 6.77. The number of amides is 1. The Bertz CT molecular complexity index is 159. The van der Waals surface area contributed by atoms with Gasteiger partial charge >= 0.3 is 0 Å². The van der Waals surface area contributed by atoms with E-state index in [2.05, 4.69) is 0 Å². The fraction of sp³-hybridized carbons (Fsp3) is 0.909. The van der Waals surface area contributed by atoms with Gasteiger partial charge in [-0.1, -0.05) is 20.8 Å². The number of ether oxygens (including phenoxy) is 1. The molecular formula is C11H23NO2. The summed E-state index contributed by atoms with van der Waals surface area (Å²) in [6, 6.07) is 0. The Hall–Kier alpha value is -0.570. The van der Waals surface area contributed by atoms with E-state index in [4.69, 9.17) is 4.74 Å². The molecule has 1 aliphatic rings. The van der Waals surface area contributed by atoms with E-state index in [0.717, 1.165) is 25.9 Å². The van der Waals surface area contributed by atoms with Crippen molar-refractivity contribution in [1.29, 1.82) is 0 Å². The second kappa shape index (κ2) is 7.80. The minimum atomic E-state index is 0.269. The highest BCUT2D eigenvalue weighted by Gasteiger charge is 2.24. The lowest BCUT2D eigenvalue weighted by atomic mass is 10.3. The molecule has 1 aliphatic heterocycles. The van der Waals surface area contributed by atoms with Crippen molar-refractivity contribution in [3.63, 3.8) is 0 Å². The molecule has 1 heterocycles. The first kappa shape index (κ1) is 13.4. The number of rotatable bonds is 3. The number of nitrogens with zero attached hydrogens (tertiary/aromatic N) is 1. The highest BCUT2D eigenvalue weighted by molar-refractivity contribution is 5.76. The number of hydrogen-bond acceptors (Lipinski definition) is 2. The van der Waals surface area contributed by atoms with Gasteiger partial charge in [0.25, 0.3) is 0 Å². The van der Waals surface area contributed by atoms with Crippen molar-refractivity contribution in [1.82, 2.24) is 4.90 Å². The van der Waals surface area contributed by atoms with Crippen LogP contribution in [0.2, 0.25) is 0 Å². The lowest BCUT2D eigenvalue weighted by molar-refractivity contribution is -0.130. The number of carbonyl (C=O) groups excluding carboxylic acids is 1. The van der Waals surface area contributed by atoms with Crippen LogP contribution in [0.1, 0.15) is 40.0 Å². The lowest BCUT2D eigenvalue weighted by Crippen LogP contribution is -2.29. The monoisotopic (exact) mass is 201 g/mol. The first-order valence-electron chi connectivity index (χ1n) is 5.58. The molecule has 3 heteroatoms. The van der Waals surface area contributed by atoms with Crippen LogP contribution in [-0.2, 0) is 9.53 Å². The van der Waals surface area contributed by atoms with E-state index in [1.807, 2.05) is 25.7 Å². The van der Waals surface area contributed by atoms with Gasteiger partial charge in [0.05, 0.1) is 6.10 Å². The van der Waals surface area contributed by atoms with Gasteiger partial charge in [0.2, 0.25) is 5.91 Å². The molecule has 0 aromatic heterocycles. The van der Waals surface area contributed by atoms with Crippen molar-refractivity contribution in [2.24, 2.45) is 0 Å². The molecule has 3 nitrogen and oxygen atoms in total. The van der Waals surface area contributed by atoms with Crippen LogP contribution in [0.5, 0.6) is 0 Å². The van der Waals surface area contributed by atoms with Crippen LogP contribution in [0.3, 0.4) is 0 Å². The maximum atomic E-state index is 11.4. The largest absolute Gasteiger partial charge is 0.380 e. The molecule has 0 saturated carbocycles. The Morgan fingerprint density at radius 3 is 2.57 bits per heavy atom. The Balaban J connectivity index is 0.000000791.